The van der Waals surface area contributed by atoms with Crippen molar-refractivity contribution in [1.82, 2.24) is 0 Å². The molecule has 13 heavy (non-hydrogen) atoms. The van der Waals surface area contributed by atoms with Gasteiger partial charge >= 0.3 is 41.4 Å². The second kappa shape index (κ2) is 6.83. The Labute approximate surface area is 98.6 Å². The normalized spacial score (nSPS) is 12.9. The van der Waals surface area contributed by atoms with Gasteiger partial charge in [-0.3, -0.25) is 4.21 Å². The van der Waals surface area contributed by atoms with E-state index in [2.05, 4.69) is 4.74 Å². The molecule has 0 aliphatic heterocycles. The van der Waals surface area contributed by atoms with E-state index in [1.54, 1.807) is 0 Å². The van der Waals surface area contributed by atoms with Gasteiger partial charge in [0.2, 0.25) is 0 Å². The van der Waals surface area contributed by atoms with E-state index < -0.39 is 28.7 Å². The molecular weight excluding hydrogens is 217 g/mol. The van der Waals surface area contributed by atoms with Gasteiger partial charge in [0.25, 0.3) is 0 Å². The quantitative estimate of drug-likeness (QED) is 0.291. The minimum atomic E-state index is -3.94. The Morgan fingerprint density at radius 1 is 1.62 bits per heavy atom. The first-order valence-electron chi connectivity index (χ1n) is 3.01. The summed E-state index contributed by atoms with van der Waals surface area (Å²) in [7, 11) is 0. The number of ether oxygens (including phenoxy) is 1. The van der Waals surface area contributed by atoms with Crippen molar-refractivity contribution in [2.24, 2.45) is 0 Å². The number of carbonyl (C=O) groups is 1. The fraction of sp³-hybridized carbons (Fsp3) is 0.800. The molecule has 0 saturated heterocycles. The van der Waals surface area contributed by atoms with Crippen molar-refractivity contribution in [1.29, 1.82) is 0 Å². The zero-order chi connectivity index (χ0) is 9.78. The van der Waals surface area contributed by atoms with Gasteiger partial charge in [0.1, 0.15) is 0 Å². The molecule has 0 aromatic heterocycles. The van der Waals surface area contributed by atoms with Crippen LogP contribution >= 0.6 is 0 Å². The Bertz CT molecular complexity index is 199. The Kier molecular flexibility index (Phi) is 8.35. The first-order chi connectivity index (χ1) is 5.40. The van der Waals surface area contributed by atoms with E-state index in [-0.39, 0.29) is 36.2 Å². The van der Waals surface area contributed by atoms with E-state index in [1.807, 2.05) is 0 Å². The van der Waals surface area contributed by atoms with Crippen LogP contribution in [0.5, 0.6) is 0 Å². The predicted octanol–water partition coefficient (Wildman–Crippen LogP) is -2.93. The Morgan fingerprint density at radius 2 is 2.08 bits per heavy atom. The molecule has 0 aromatic carbocycles. The van der Waals surface area contributed by atoms with Crippen molar-refractivity contribution in [3.05, 3.63) is 0 Å². The molecule has 0 saturated carbocycles. The van der Waals surface area contributed by atoms with Crippen LogP contribution in [0.25, 0.3) is 0 Å². The molecule has 0 fully saturated rings. The van der Waals surface area contributed by atoms with Gasteiger partial charge in [-0.05, 0) is 18.0 Å². The number of carbonyl (C=O) groups excluding carboxylic acids is 1. The van der Waals surface area contributed by atoms with E-state index in [4.69, 9.17) is 0 Å². The molecule has 1 unspecified atom stereocenters. The van der Waals surface area contributed by atoms with Crippen LogP contribution in [0.15, 0.2) is 0 Å². The van der Waals surface area contributed by atoms with Crippen LogP contribution in [0.2, 0.25) is 0 Å². The zero-order valence-corrected chi connectivity index (χ0v) is 10.0. The standard InChI is InChI=1S/C5H8F2O4S.Na/c1-2-11-4(8)5(6,7)3-12(9)10;/h2-3H2,1H3,(H,9,10);/q;+1/p-1. The Morgan fingerprint density at radius 3 is 2.38 bits per heavy atom. The maximum Gasteiger partial charge on any atom is 1.00 e. The Hall–Kier alpha value is 0.440. The van der Waals surface area contributed by atoms with Gasteiger partial charge in [0, 0.05) is 0 Å². The maximum absolute atomic E-state index is 12.4. The molecule has 0 radical (unpaired) electrons. The summed E-state index contributed by atoms with van der Waals surface area (Å²) in [5.41, 5.74) is 0. The minimum Gasteiger partial charge on any atom is -0.772 e. The van der Waals surface area contributed by atoms with E-state index in [9.17, 15) is 22.3 Å². The van der Waals surface area contributed by atoms with Gasteiger partial charge in [-0.2, -0.15) is 8.78 Å². The number of halogens is 2. The van der Waals surface area contributed by atoms with Gasteiger partial charge in [0.05, 0.1) is 12.4 Å². The van der Waals surface area contributed by atoms with E-state index in [0.717, 1.165) is 0 Å². The zero-order valence-electron chi connectivity index (χ0n) is 7.21. The molecule has 8 heteroatoms. The molecule has 0 bridgehead atoms. The number of rotatable bonds is 4. The van der Waals surface area contributed by atoms with Crippen molar-refractivity contribution < 1.29 is 56.6 Å². The molecule has 0 aliphatic carbocycles. The summed E-state index contributed by atoms with van der Waals surface area (Å²) in [6.45, 7) is 1.14. The van der Waals surface area contributed by atoms with Crippen LogP contribution in [0.4, 0.5) is 8.78 Å². The van der Waals surface area contributed by atoms with Crippen molar-refractivity contribution in [3.8, 4) is 0 Å². The first kappa shape index (κ1) is 15.9. The number of hydrogen-bond acceptors (Lipinski definition) is 4. The van der Waals surface area contributed by atoms with Gasteiger partial charge in [0.15, 0.2) is 0 Å². The first-order valence-corrected chi connectivity index (χ1v) is 4.25. The molecule has 0 amide bonds. The maximum atomic E-state index is 12.4. The molecule has 0 rings (SSSR count). The molecular formula is C5H7F2NaO4S. The van der Waals surface area contributed by atoms with Crippen LogP contribution in [-0.4, -0.2) is 33.0 Å². The van der Waals surface area contributed by atoms with Crippen molar-refractivity contribution >= 4 is 17.0 Å². The van der Waals surface area contributed by atoms with Crippen molar-refractivity contribution in [3.63, 3.8) is 0 Å². The molecule has 4 nitrogen and oxygen atoms in total. The molecule has 72 valence electrons. The van der Waals surface area contributed by atoms with Gasteiger partial charge in [-0.15, -0.1) is 0 Å². The molecule has 0 spiro atoms. The van der Waals surface area contributed by atoms with Crippen LogP contribution in [0.1, 0.15) is 6.92 Å². The molecule has 0 aliphatic rings. The summed E-state index contributed by atoms with van der Waals surface area (Å²) in [5.74, 6) is -7.29. The largest absolute Gasteiger partial charge is 1.00 e. The Balaban J connectivity index is 0. The number of alkyl halides is 2. The average molecular weight is 224 g/mol. The van der Waals surface area contributed by atoms with E-state index in [0.29, 0.717) is 0 Å². The third-order valence-electron chi connectivity index (χ3n) is 0.873. The van der Waals surface area contributed by atoms with Gasteiger partial charge in [-0.1, -0.05) is 0 Å². The summed E-state index contributed by atoms with van der Waals surface area (Å²) < 4.78 is 48.4. The van der Waals surface area contributed by atoms with Crippen molar-refractivity contribution in [2.75, 3.05) is 12.4 Å². The average Bonchev–Trinajstić information content (AvgIpc) is 1.85. The summed E-state index contributed by atoms with van der Waals surface area (Å²) >= 11 is -2.96. The molecule has 0 heterocycles. The van der Waals surface area contributed by atoms with Crippen LogP contribution in [-0.2, 0) is 20.6 Å². The van der Waals surface area contributed by atoms with Crippen LogP contribution in [0, 0.1) is 0 Å². The summed E-state index contributed by atoms with van der Waals surface area (Å²) in [6, 6.07) is 0. The van der Waals surface area contributed by atoms with Crippen LogP contribution < -0.4 is 29.6 Å². The number of esters is 1. The SMILES string of the molecule is CCOC(=O)C(F)(F)CS(=O)[O-].[Na+]. The van der Waals surface area contributed by atoms with E-state index in [1.165, 1.54) is 6.92 Å². The summed E-state index contributed by atoms with van der Waals surface area (Å²) in [4.78, 5) is 10.4. The topological polar surface area (TPSA) is 66.4 Å². The predicted molar refractivity (Wildman–Crippen MR) is 35.4 cm³/mol. The monoisotopic (exact) mass is 224 g/mol. The third-order valence-corrected chi connectivity index (χ3v) is 1.47. The fourth-order valence-electron chi connectivity index (χ4n) is 0.444. The molecule has 0 N–H and O–H groups in total. The van der Waals surface area contributed by atoms with Crippen molar-refractivity contribution in [2.45, 2.75) is 12.8 Å². The van der Waals surface area contributed by atoms with Crippen LogP contribution in [0.3, 0.4) is 0 Å². The van der Waals surface area contributed by atoms with E-state index >= 15 is 0 Å². The smallest absolute Gasteiger partial charge is 0.772 e. The summed E-state index contributed by atoms with van der Waals surface area (Å²) in [5, 5.41) is 0. The molecule has 1 atom stereocenters. The number of hydrogen-bond donors (Lipinski definition) is 0. The van der Waals surface area contributed by atoms with Gasteiger partial charge < -0.3 is 9.29 Å². The summed E-state index contributed by atoms with van der Waals surface area (Å²) in [6.07, 6.45) is 0. The second-order valence-electron chi connectivity index (χ2n) is 1.87. The van der Waals surface area contributed by atoms with Gasteiger partial charge in [-0.25, -0.2) is 4.79 Å². The minimum absolute atomic E-state index is 0. The molecule has 0 aromatic rings. The fourth-order valence-corrected chi connectivity index (χ4v) is 0.857. The third kappa shape index (κ3) is 6.50. The second-order valence-corrected chi connectivity index (χ2v) is 2.77.